The van der Waals surface area contributed by atoms with Crippen molar-refractivity contribution in [2.75, 3.05) is 51.0 Å². The van der Waals surface area contributed by atoms with Gasteiger partial charge in [-0.3, -0.25) is 4.98 Å². The van der Waals surface area contributed by atoms with Gasteiger partial charge in [0.05, 0.1) is 23.8 Å². The molecular formula is C12H22N4. The summed E-state index contributed by atoms with van der Waals surface area (Å²) in [6.45, 7) is 5.06. The lowest BCUT2D eigenvalue weighted by Gasteiger charge is -2.21. The average Bonchev–Trinajstić information content (AvgIpc) is 2.26. The summed E-state index contributed by atoms with van der Waals surface area (Å²) in [5.41, 5.74) is 2.23. The van der Waals surface area contributed by atoms with Gasteiger partial charge in [0.25, 0.3) is 0 Å². The molecule has 0 aromatic carbocycles. The topological polar surface area (TPSA) is 31.4 Å². The Bertz CT molecular complexity index is 312. The second-order valence-corrected chi connectivity index (χ2v) is 4.19. The summed E-state index contributed by atoms with van der Waals surface area (Å²) >= 11 is 0. The van der Waals surface area contributed by atoms with Crippen molar-refractivity contribution in [3.8, 4) is 0 Å². The molecule has 4 heteroatoms. The predicted molar refractivity (Wildman–Crippen MR) is 70.2 cm³/mol. The van der Waals surface area contributed by atoms with E-state index in [4.69, 9.17) is 0 Å². The Kier molecular flexibility index (Phi) is 5.05. The number of nitrogens with zero attached hydrogens (tertiary/aromatic N) is 3. The van der Waals surface area contributed by atoms with Gasteiger partial charge in [-0.1, -0.05) is 0 Å². The van der Waals surface area contributed by atoms with Crippen LogP contribution >= 0.6 is 0 Å². The van der Waals surface area contributed by atoms with Gasteiger partial charge in [-0.15, -0.1) is 0 Å². The molecule has 0 bridgehead atoms. The van der Waals surface area contributed by atoms with Crippen molar-refractivity contribution in [3.05, 3.63) is 18.5 Å². The Labute approximate surface area is 98.3 Å². The number of rotatable bonds is 6. The molecule has 1 aromatic rings. The first-order valence-electron chi connectivity index (χ1n) is 5.68. The first kappa shape index (κ1) is 12.8. The average molecular weight is 222 g/mol. The summed E-state index contributed by atoms with van der Waals surface area (Å²) in [5, 5.41) is 3.27. The Balaban J connectivity index is 2.60. The van der Waals surface area contributed by atoms with Crippen molar-refractivity contribution < 1.29 is 0 Å². The molecule has 90 valence electrons. The van der Waals surface area contributed by atoms with Crippen LogP contribution in [0.1, 0.15) is 6.92 Å². The highest BCUT2D eigenvalue weighted by atomic mass is 15.2. The van der Waals surface area contributed by atoms with E-state index in [9.17, 15) is 0 Å². The van der Waals surface area contributed by atoms with Crippen LogP contribution in [0, 0.1) is 0 Å². The maximum Gasteiger partial charge on any atom is 0.0571 e. The third kappa shape index (κ3) is 4.06. The van der Waals surface area contributed by atoms with Gasteiger partial charge >= 0.3 is 0 Å². The molecular weight excluding hydrogens is 200 g/mol. The fourth-order valence-electron chi connectivity index (χ4n) is 1.42. The third-order valence-electron chi connectivity index (χ3n) is 2.43. The molecule has 16 heavy (non-hydrogen) atoms. The zero-order valence-electron chi connectivity index (χ0n) is 10.7. The number of hydrogen-bond acceptors (Lipinski definition) is 4. The van der Waals surface area contributed by atoms with Gasteiger partial charge in [0.15, 0.2) is 0 Å². The first-order valence-corrected chi connectivity index (χ1v) is 5.68. The van der Waals surface area contributed by atoms with Crippen LogP contribution in [0.4, 0.5) is 11.4 Å². The molecule has 0 fully saturated rings. The van der Waals surface area contributed by atoms with Crippen molar-refractivity contribution in [2.24, 2.45) is 0 Å². The summed E-state index contributed by atoms with van der Waals surface area (Å²) in [7, 11) is 6.26. The van der Waals surface area contributed by atoms with E-state index in [1.807, 2.05) is 12.4 Å². The lowest BCUT2D eigenvalue weighted by atomic mass is 10.3. The zero-order valence-corrected chi connectivity index (χ0v) is 10.7. The molecule has 0 aliphatic carbocycles. The largest absolute Gasteiger partial charge is 0.384 e. The Morgan fingerprint density at radius 3 is 2.56 bits per heavy atom. The van der Waals surface area contributed by atoms with Crippen LogP contribution in [-0.2, 0) is 0 Å². The molecule has 0 amide bonds. The molecule has 1 N–H and O–H groups in total. The van der Waals surface area contributed by atoms with Crippen LogP contribution in [-0.4, -0.2) is 50.7 Å². The first-order chi connectivity index (χ1) is 7.63. The van der Waals surface area contributed by atoms with E-state index in [0.717, 1.165) is 31.0 Å². The normalized spacial score (nSPS) is 10.6. The van der Waals surface area contributed by atoms with E-state index >= 15 is 0 Å². The third-order valence-corrected chi connectivity index (χ3v) is 2.43. The number of aromatic nitrogens is 1. The molecule has 0 saturated carbocycles. The highest BCUT2D eigenvalue weighted by molar-refractivity contribution is 5.55. The molecule has 1 heterocycles. The van der Waals surface area contributed by atoms with Gasteiger partial charge in [-0.05, 0) is 27.1 Å². The molecule has 1 aromatic heterocycles. The van der Waals surface area contributed by atoms with Gasteiger partial charge in [0.2, 0.25) is 0 Å². The number of likely N-dealkylation sites (N-methyl/N-ethyl adjacent to an activating group) is 2. The minimum atomic E-state index is 0.923. The lowest BCUT2D eigenvalue weighted by Crippen LogP contribution is -2.28. The molecule has 0 spiro atoms. The predicted octanol–water partition coefficient (Wildman–Crippen LogP) is 1.51. The van der Waals surface area contributed by atoms with E-state index in [1.54, 1.807) is 0 Å². The van der Waals surface area contributed by atoms with Crippen LogP contribution in [0.15, 0.2) is 18.5 Å². The summed E-state index contributed by atoms with van der Waals surface area (Å²) < 4.78 is 0. The number of anilines is 2. The molecule has 0 radical (unpaired) electrons. The highest BCUT2D eigenvalue weighted by Gasteiger charge is 2.02. The number of pyridine rings is 1. The molecule has 1 rings (SSSR count). The summed E-state index contributed by atoms with van der Waals surface area (Å²) in [4.78, 5) is 8.63. The van der Waals surface area contributed by atoms with Crippen molar-refractivity contribution in [1.29, 1.82) is 0 Å². The smallest absolute Gasteiger partial charge is 0.0571 e. The van der Waals surface area contributed by atoms with Gasteiger partial charge in [0.1, 0.15) is 0 Å². The van der Waals surface area contributed by atoms with Crippen molar-refractivity contribution >= 4 is 11.4 Å². The van der Waals surface area contributed by atoms with Crippen LogP contribution in [0.2, 0.25) is 0 Å². The monoisotopic (exact) mass is 222 g/mol. The van der Waals surface area contributed by atoms with Gasteiger partial charge in [-0.25, -0.2) is 0 Å². The van der Waals surface area contributed by atoms with Gasteiger partial charge < -0.3 is 15.1 Å². The fourth-order valence-corrected chi connectivity index (χ4v) is 1.42. The SMILES string of the molecule is CCNc1cncc(N(C)CCN(C)C)c1. The summed E-state index contributed by atoms with van der Waals surface area (Å²) in [6.07, 6.45) is 3.75. The maximum absolute atomic E-state index is 4.23. The summed E-state index contributed by atoms with van der Waals surface area (Å²) in [6, 6.07) is 2.13. The van der Waals surface area contributed by atoms with Gasteiger partial charge in [0, 0.05) is 26.7 Å². The highest BCUT2D eigenvalue weighted by Crippen LogP contribution is 2.15. The standard InChI is InChI=1S/C12H22N4/c1-5-14-11-8-12(10-13-9-11)16(4)7-6-15(2)3/h8-10,14H,5-7H2,1-4H3. The van der Waals surface area contributed by atoms with Gasteiger partial charge in [-0.2, -0.15) is 0 Å². The van der Waals surface area contributed by atoms with E-state index < -0.39 is 0 Å². The number of hydrogen-bond donors (Lipinski definition) is 1. The second kappa shape index (κ2) is 6.33. The Hall–Kier alpha value is -1.29. The molecule has 0 aliphatic heterocycles. The van der Waals surface area contributed by atoms with Crippen LogP contribution < -0.4 is 10.2 Å². The van der Waals surface area contributed by atoms with E-state index in [2.05, 4.69) is 54.2 Å². The van der Waals surface area contributed by atoms with Crippen LogP contribution in [0.5, 0.6) is 0 Å². The Morgan fingerprint density at radius 1 is 1.19 bits per heavy atom. The van der Waals surface area contributed by atoms with Crippen molar-refractivity contribution in [2.45, 2.75) is 6.92 Å². The Morgan fingerprint density at radius 2 is 1.94 bits per heavy atom. The maximum atomic E-state index is 4.23. The zero-order chi connectivity index (χ0) is 12.0. The van der Waals surface area contributed by atoms with Crippen LogP contribution in [0.25, 0.3) is 0 Å². The summed E-state index contributed by atoms with van der Waals surface area (Å²) in [5.74, 6) is 0. The molecule has 4 nitrogen and oxygen atoms in total. The molecule has 0 atom stereocenters. The van der Waals surface area contributed by atoms with Crippen molar-refractivity contribution in [1.82, 2.24) is 9.88 Å². The molecule has 0 saturated heterocycles. The van der Waals surface area contributed by atoms with E-state index in [-0.39, 0.29) is 0 Å². The quantitative estimate of drug-likeness (QED) is 0.790. The minimum Gasteiger partial charge on any atom is -0.384 e. The van der Waals surface area contributed by atoms with Crippen LogP contribution in [0.3, 0.4) is 0 Å². The number of nitrogens with one attached hydrogen (secondary N) is 1. The van der Waals surface area contributed by atoms with E-state index in [0.29, 0.717) is 0 Å². The molecule has 0 unspecified atom stereocenters. The second-order valence-electron chi connectivity index (χ2n) is 4.19. The fraction of sp³-hybridized carbons (Fsp3) is 0.583. The van der Waals surface area contributed by atoms with Crippen molar-refractivity contribution in [3.63, 3.8) is 0 Å². The lowest BCUT2D eigenvalue weighted by molar-refractivity contribution is 0.416. The molecule has 0 aliphatic rings. The van der Waals surface area contributed by atoms with E-state index in [1.165, 1.54) is 0 Å². The minimum absolute atomic E-state index is 0.923.